The molecule has 3 heterocycles. The van der Waals surface area contributed by atoms with Gasteiger partial charge in [-0.25, -0.2) is 4.79 Å². The highest BCUT2D eigenvalue weighted by Crippen LogP contribution is 2.44. The van der Waals surface area contributed by atoms with E-state index in [1.807, 2.05) is 21.9 Å². The lowest BCUT2D eigenvalue weighted by Crippen LogP contribution is -2.47. The number of aromatic nitrogens is 2. The van der Waals surface area contributed by atoms with Gasteiger partial charge in [-0.15, -0.1) is 5.10 Å². The Morgan fingerprint density at radius 1 is 1.26 bits per heavy atom. The summed E-state index contributed by atoms with van der Waals surface area (Å²) in [6.07, 6.45) is 2.01. The minimum Gasteiger partial charge on any atom is -0.443 e. The van der Waals surface area contributed by atoms with Gasteiger partial charge in [0.15, 0.2) is 0 Å². The summed E-state index contributed by atoms with van der Waals surface area (Å²) >= 11 is 1.15. The van der Waals surface area contributed by atoms with Gasteiger partial charge < -0.3 is 9.64 Å². The van der Waals surface area contributed by atoms with Crippen LogP contribution in [0.1, 0.15) is 45.4 Å². The Balaban J connectivity index is 1.32. The molecule has 1 aromatic heterocycles. The van der Waals surface area contributed by atoms with Crippen molar-refractivity contribution in [1.29, 1.82) is 0 Å². The minimum absolute atomic E-state index is 0.00552. The third-order valence-corrected chi connectivity index (χ3v) is 6.72. The fraction of sp³-hybridized carbons (Fsp3) is 0.474. The molecule has 1 aromatic carbocycles. The van der Waals surface area contributed by atoms with Crippen molar-refractivity contribution in [2.45, 2.75) is 44.4 Å². The number of rotatable bonds is 2. The van der Waals surface area contributed by atoms with Gasteiger partial charge in [0, 0.05) is 25.6 Å². The van der Waals surface area contributed by atoms with Crippen molar-refractivity contribution in [3.8, 4) is 0 Å². The van der Waals surface area contributed by atoms with Crippen molar-refractivity contribution in [2.24, 2.45) is 0 Å². The maximum Gasteiger partial charge on any atom is 0.411 e. The Hall–Kier alpha value is -2.48. The van der Waals surface area contributed by atoms with E-state index in [0.717, 1.165) is 30.8 Å². The van der Waals surface area contributed by atoms with E-state index in [0.29, 0.717) is 23.7 Å². The lowest BCUT2D eigenvalue weighted by atomic mass is 9.99. The highest BCUT2D eigenvalue weighted by molar-refractivity contribution is 7.07. The van der Waals surface area contributed by atoms with Crippen molar-refractivity contribution in [1.82, 2.24) is 19.4 Å². The van der Waals surface area contributed by atoms with Gasteiger partial charge in [-0.1, -0.05) is 28.8 Å². The van der Waals surface area contributed by atoms with Gasteiger partial charge in [-0.05, 0) is 42.4 Å². The molecule has 2 fully saturated rings. The number of benzene rings is 1. The van der Waals surface area contributed by atoms with Crippen LogP contribution >= 0.6 is 11.5 Å². The van der Waals surface area contributed by atoms with Gasteiger partial charge in [0.2, 0.25) is 0 Å². The predicted octanol–water partition coefficient (Wildman–Crippen LogP) is 2.57. The van der Waals surface area contributed by atoms with Crippen LogP contribution < -0.4 is 0 Å². The van der Waals surface area contributed by atoms with Crippen molar-refractivity contribution >= 4 is 23.5 Å². The number of aryl methyl sites for hydroxylation is 1. The Kier molecular flexibility index (Phi) is 3.89. The molecule has 0 bridgehead atoms. The molecule has 27 heavy (non-hydrogen) atoms. The highest BCUT2D eigenvalue weighted by atomic mass is 32.1. The molecular weight excluding hydrogens is 364 g/mol. The first-order chi connectivity index (χ1) is 13.1. The molecule has 0 spiro atoms. The van der Waals surface area contributed by atoms with Gasteiger partial charge in [0.1, 0.15) is 11.0 Å². The summed E-state index contributed by atoms with van der Waals surface area (Å²) in [5.41, 5.74) is 3.16. The van der Waals surface area contributed by atoms with Crippen LogP contribution in [0.15, 0.2) is 24.3 Å². The average molecular weight is 384 g/mol. The summed E-state index contributed by atoms with van der Waals surface area (Å²) in [7, 11) is 0. The van der Waals surface area contributed by atoms with Gasteiger partial charge in [0.05, 0.1) is 11.7 Å². The number of piperidine rings is 1. The van der Waals surface area contributed by atoms with Gasteiger partial charge >= 0.3 is 6.09 Å². The first-order valence-corrected chi connectivity index (χ1v) is 10.1. The van der Waals surface area contributed by atoms with Gasteiger partial charge in [0.25, 0.3) is 5.91 Å². The highest BCUT2D eigenvalue weighted by Gasteiger charge is 2.50. The number of carbonyl (C=O) groups is 2. The van der Waals surface area contributed by atoms with E-state index in [2.05, 4.69) is 21.7 Å². The number of hydrogen-bond acceptors (Lipinski definition) is 6. The van der Waals surface area contributed by atoms with Crippen LogP contribution in [0.3, 0.4) is 0 Å². The van der Waals surface area contributed by atoms with Crippen LogP contribution in [0.5, 0.6) is 0 Å². The van der Waals surface area contributed by atoms with Crippen molar-refractivity contribution in [3.05, 3.63) is 46.0 Å². The number of likely N-dealkylation sites (tertiary alicyclic amines) is 1. The molecule has 0 N–H and O–H groups in total. The number of carbonyl (C=O) groups excluding carboxylic acids is 2. The number of ether oxygens (including phenoxy) is 1. The van der Waals surface area contributed by atoms with Gasteiger partial charge in [-0.2, -0.15) is 0 Å². The largest absolute Gasteiger partial charge is 0.443 e. The molecule has 7 nitrogen and oxygen atoms in total. The van der Waals surface area contributed by atoms with E-state index >= 15 is 0 Å². The zero-order chi connectivity index (χ0) is 18.5. The summed E-state index contributed by atoms with van der Waals surface area (Å²) < 4.78 is 9.53. The lowest BCUT2D eigenvalue weighted by molar-refractivity contribution is 0.0639. The Labute approximate surface area is 161 Å². The molecule has 0 radical (unpaired) electrons. The molecule has 140 valence electrons. The van der Waals surface area contributed by atoms with Crippen LogP contribution in [-0.4, -0.2) is 56.6 Å². The smallest absolute Gasteiger partial charge is 0.411 e. The van der Waals surface area contributed by atoms with E-state index in [9.17, 15) is 9.59 Å². The normalized spacial score (nSPS) is 24.7. The standard InChI is InChI=1S/C19H20N4O3S/c1-11-17(27-21-20-11)18(24)22-8-6-13(7-9-22)23-16-14-5-3-2-4-12(14)10-15(16)26-19(23)25/h2-5,13,15-16H,6-10H2,1H3/t15-,16+/m1/s1. The Morgan fingerprint density at radius 2 is 2.04 bits per heavy atom. The van der Waals surface area contributed by atoms with Crippen LogP contribution in [0, 0.1) is 6.92 Å². The lowest BCUT2D eigenvalue weighted by Gasteiger charge is -2.37. The molecule has 3 aliphatic rings. The number of amides is 2. The molecule has 2 saturated heterocycles. The molecule has 2 atom stereocenters. The second kappa shape index (κ2) is 6.30. The summed E-state index contributed by atoms with van der Waals surface area (Å²) in [5, 5.41) is 3.93. The van der Waals surface area contributed by atoms with E-state index in [4.69, 9.17) is 4.74 Å². The third-order valence-electron chi connectivity index (χ3n) is 5.90. The summed E-state index contributed by atoms with van der Waals surface area (Å²) in [4.78, 5) is 29.6. The Morgan fingerprint density at radius 3 is 2.78 bits per heavy atom. The monoisotopic (exact) mass is 384 g/mol. The fourth-order valence-electron chi connectivity index (χ4n) is 4.57. The van der Waals surface area contributed by atoms with Gasteiger partial charge in [-0.3, -0.25) is 9.69 Å². The van der Waals surface area contributed by atoms with Crippen molar-refractivity contribution in [3.63, 3.8) is 0 Å². The van der Waals surface area contributed by atoms with E-state index < -0.39 is 0 Å². The average Bonchev–Trinajstić information content (AvgIpc) is 3.34. The SMILES string of the molecule is Cc1nnsc1C(=O)N1CCC(N2C(=O)O[C@@H]3Cc4ccccc4[C@@H]32)CC1. The van der Waals surface area contributed by atoms with Crippen molar-refractivity contribution in [2.75, 3.05) is 13.1 Å². The molecule has 5 rings (SSSR count). The minimum atomic E-state index is -0.216. The summed E-state index contributed by atoms with van der Waals surface area (Å²) in [6, 6.07) is 8.39. The predicted molar refractivity (Wildman–Crippen MR) is 98.6 cm³/mol. The molecule has 2 aromatic rings. The topological polar surface area (TPSA) is 75.6 Å². The molecule has 2 amide bonds. The van der Waals surface area contributed by atoms with E-state index in [-0.39, 0.29) is 30.2 Å². The second-order valence-electron chi connectivity index (χ2n) is 7.39. The number of hydrogen-bond donors (Lipinski definition) is 0. The quantitative estimate of drug-likeness (QED) is 0.795. The second-order valence-corrected chi connectivity index (χ2v) is 8.14. The maximum absolute atomic E-state index is 12.7. The molecule has 0 unspecified atom stereocenters. The first kappa shape index (κ1) is 16.7. The van der Waals surface area contributed by atoms with Crippen LogP contribution in [0.4, 0.5) is 4.79 Å². The van der Waals surface area contributed by atoms with Crippen LogP contribution in [0.2, 0.25) is 0 Å². The molecule has 0 saturated carbocycles. The molecule has 8 heteroatoms. The summed E-state index contributed by atoms with van der Waals surface area (Å²) in [5.74, 6) is -0.00552. The zero-order valence-electron chi connectivity index (χ0n) is 15.0. The van der Waals surface area contributed by atoms with E-state index in [1.54, 1.807) is 6.92 Å². The molecule has 1 aliphatic carbocycles. The number of fused-ring (bicyclic) bond motifs is 3. The summed E-state index contributed by atoms with van der Waals surface area (Å²) in [6.45, 7) is 3.06. The zero-order valence-corrected chi connectivity index (χ0v) is 15.8. The molecular formula is C19H20N4O3S. The van der Waals surface area contributed by atoms with E-state index in [1.165, 1.54) is 11.1 Å². The fourth-order valence-corrected chi connectivity index (χ4v) is 5.20. The maximum atomic E-state index is 12.7. The Bertz CT molecular complexity index is 906. The number of nitrogens with zero attached hydrogens (tertiary/aromatic N) is 4. The van der Waals surface area contributed by atoms with Crippen molar-refractivity contribution < 1.29 is 14.3 Å². The van der Waals surface area contributed by atoms with Crippen LogP contribution in [-0.2, 0) is 11.2 Å². The first-order valence-electron chi connectivity index (χ1n) is 9.28. The third kappa shape index (κ3) is 2.62. The van der Waals surface area contributed by atoms with Crippen LogP contribution in [0.25, 0.3) is 0 Å². The molecule has 2 aliphatic heterocycles.